The molecule has 1 aliphatic heterocycles. The first-order valence-electron chi connectivity index (χ1n) is 7.10. The molecule has 1 fully saturated rings. The zero-order valence-electron chi connectivity index (χ0n) is 12.0. The van der Waals surface area contributed by atoms with Crippen LogP contribution in [0.15, 0.2) is 36.7 Å². The molecule has 0 saturated carbocycles. The number of nitrogens with zero attached hydrogens (tertiary/aromatic N) is 3. The van der Waals surface area contributed by atoms with Crippen LogP contribution in [0.3, 0.4) is 0 Å². The molecular formula is C16H20N4. The van der Waals surface area contributed by atoms with Crippen LogP contribution < -0.4 is 10.2 Å². The van der Waals surface area contributed by atoms with Gasteiger partial charge in [-0.15, -0.1) is 0 Å². The highest BCUT2D eigenvalue weighted by Gasteiger charge is 2.20. The number of benzene rings is 1. The summed E-state index contributed by atoms with van der Waals surface area (Å²) in [6.07, 6.45) is 3.84. The van der Waals surface area contributed by atoms with Crippen molar-refractivity contribution < 1.29 is 0 Å². The van der Waals surface area contributed by atoms with E-state index in [2.05, 4.69) is 58.3 Å². The molecule has 1 unspecified atom stereocenters. The van der Waals surface area contributed by atoms with Crippen molar-refractivity contribution in [2.24, 2.45) is 0 Å². The number of piperazine rings is 1. The standard InChI is InChI=1S/C16H20N4/c1-12-3-5-14(6-4-12)15-10-18-16(19-11-15)20-8-7-17-9-13(20)2/h3-6,10-11,13,17H,7-9H2,1-2H3. The van der Waals surface area contributed by atoms with Gasteiger partial charge in [-0.2, -0.15) is 0 Å². The number of anilines is 1. The first-order chi connectivity index (χ1) is 9.74. The lowest BCUT2D eigenvalue weighted by Gasteiger charge is -2.33. The monoisotopic (exact) mass is 268 g/mol. The van der Waals surface area contributed by atoms with Crippen LogP contribution in [0.4, 0.5) is 5.95 Å². The summed E-state index contributed by atoms with van der Waals surface area (Å²) >= 11 is 0. The van der Waals surface area contributed by atoms with Crippen molar-refractivity contribution in [3.05, 3.63) is 42.2 Å². The number of rotatable bonds is 2. The second-order valence-corrected chi connectivity index (χ2v) is 5.38. The van der Waals surface area contributed by atoms with Crippen LogP contribution in [0.2, 0.25) is 0 Å². The van der Waals surface area contributed by atoms with Gasteiger partial charge in [-0.3, -0.25) is 0 Å². The van der Waals surface area contributed by atoms with E-state index in [9.17, 15) is 0 Å². The molecule has 20 heavy (non-hydrogen) atoms. The molecule has 1 aromatic carbocycles. The summed E-state index contributed by atoms with van der Waals surface area (Å²) in [6, 6.07) is 8.89. The molecule has 1 saturated heterocycles. The lowest BCUT2D eigenvalue weighted by atomic mass is 10.1. The van der Waals surface area contributed by atoms with E-state index in [4.69, 9.17) is 0 Å². The van der Waals surface area contributed by atoms with Crippen LogP contribution in [0.1, 0.15) is 12.5 Å². The Bertz CT molecular complexity index is 562. The Morgan fingerprint density at radius 1 is 1.10 bits per heavy atom. The fraction of sp³-hybridized carbons (Fsp3) is 0.375. The zero-order valence-corrected chi connectivity index (χ0v) is 12.0. The zero-order chi connectivity index (χ0) is 13.9. The summed E-state index contributed by atoms with van der Waals surface area (Å²) in [7, 11) is 0. The summed E-state index contributed by atoms with van der Waals surface area (Å²) in [5.41, 5.74) is 3.49. The Kier molecular flexibility index (Phi) is 3.65. The lowest BCUT2D eigenvalue weighted by Crippen LogP contribution is -2.50. The summed E-state index contributed by atoms with van der Waals surface area (Å²) in [5, 5.41) is 3.38. The highest BCUT2D eigenvalue weighted by Crippen LogP contribution is 2.20. The molecule has 0 radical (unpaired) electrons. The van der Waals surface area contributed by atoms with Gasteiger partial charge in [0.25, 0.3) is 0 Å². The molecule has 3 rings (SSSR count). The second kappa shape index (κ2) is 5.59. The molecule has 4 nitrogen and oxygen atoms in total. The van der Waals surface area contributed by atoms with Gasteiger partial charge >= 0.3 is 0 Å². The van der Waals surface area contributed by atoms with Gasteiger partial charge < -0.3 is 10.2 Å². The highest BCUT2D eigenvalue weighted by molar-refractivity contribution is 5.62. The Morgan fingerprint density at radius 2 is 1.80 bits per heavy atom. The smallest absolute Gasteiger partial charge is 0.225 e. The molecule has 0 aliphatic carbocycles. The van der Waals surface area contributed by atoms with Crippen LogP contribution >= 0.6 is 0 Å². The van der Waals surface area contributed by atoms with E-state index < -0.39 is 0 Å². The first-order valence-corrected chi connectivity index (χ1v) is 7.10. The predicted octanol–water partition coefficient (Wildman–Crippen LogP) is 2.25. The minimum absolute atomic E-state index is 0.439. The topological polar surface area (TPSA) is 41.1 Å². The average Bonchev–Trinajstić information content (AvgIpc) is 2.49. The van der Waals surface area contributed by atoms with Crippen molar-refractivity contribution in [3.8, 4) is 11.1 Å². The maximum Gasteiger partial charge on any atom is 0.225 e. The third kappa shape index (κ3) is 2.65. The summed E-state index contributed by atoms with van der Waals surface area (Å²) in [6.45, 7) is 7.24. The number of hydrogen-bond donors (Lipinski definition) is 1. The maximum atomic E-state index is 4.54. The van der Waals surface area contributed by atoms with Crippen LogP contribution in [-0.2, 0) is 0 Å². The van der Waals surface area contributed by atoms with Crippen molar-refractivity contribution in [3.63, 3.8) is 0 Å². The van der Waals surface area contributed by atoms with Gasteiger partial charge in [0.1, 0.15) is 0 Å². The molecule has 2 aromatic rings. The van der Waals surface area contributed by atoms with Crippen LogP contribution in [0.25, 0.3) is 11.1 Å². The van der Waals surface area contributed by atoms with E-state index in [1.54, 1.807) is 0 Å². The quantitative estimate of drug-likeness (QED) is 0.907. The van der Waals surface area contributed by atoms with E-state index in [1.165, 1.54) is 5.56 Å². The second-order valence-electron chi connectivity index (χ2n) is 5.38. The normalized spacial score (nSPS) is 19.1. The van der Waals surface area contributed by atoms with Gasteiger partial charge in [-0.05, 0) is 19.4 Å². The summed E-state index contributed by atoms with van der Waals surface area (Å²) < 4.78 is 0. The van der Waals surface area contributed by atoms with Crippen LogP contribution in [0, 0.1) is 6.92 Å². The SMILES string of the molecule is Cc1ccc(-c2cnc(N3CCNCC3C)nc2)cc1. The Balaban J connectivity index is 1.82. The number of aryl methyl sites for hydroxylation is 1. The molecule has 0 bridgehead atoms. The molecule has 1 atom stereocenters. The first kappa shape index (κ1) is 13.1. The highest BCUT2D eigenvalue weighted by atomic mass is 15.3. The molecule has 1 aromatic heterocycles. The summed E-state index contributed by atoms with van der Waals surface area (Å²) in [4.78, 5) is 11.3. The van der Waals surface area contributed by atoms with Gasteiger partial charge in [-0.25, -0.2) is 9.97 Å². The Morgan fingerprint density at radius 3 is 2.45 bits per heavy atom. The minimum atomic E-state index is 0.439. The van der Waals surface area contributed by atoms with E-state index >= 15 is 0 Å². The third-order valence-electron chi connectivity index (χ3n) is 3.78. The fourth-order valence-corrected chi connectivity index (χ4v) is 2.50. The van der Waals surface area contributed by atoms with Crippen molar-refractivity contribution in [2.75, 3.05) is 24.5 Å². The van der Waals surface area contributed by atoms with Gasteiger partial charge in [-0.1, -0.05) is 29.8 Å². The van der Waals surface area contributed by atoms with Gasteiger partial charge in [0.15, 0.2) is 0 Å². The fourth-order valence-electron chi connectivity index (χ4n) is 2.50. The molecule has 1 aliphatic rings. The van der Waals surface area contributed by atoms with E-state index in [0.717, 1.165) is 36.7 Å². The van der Waals surface area contributed by atoms with Crippen molar-refractivity contribution in [1.82, 2.24) is 15.3 Å². The summed E-state index contributed by atoms with van der Waals surface area (Å²) in [5.74, 6) is 0.829. The van der Waals surface area contributed by atoms with Gasteiger partial charge in [0, 0.05) is 43.6 Å². The molecule has 2 heterocycles. The number of nitrogens with one attached hydrogen (secondary N) is 1. The molecule has 104 valence electrons. The van der Waals surface area contributed by atoms with E-state index in [-0.39, 0.29) is 0 Å². The van der Waals surface area contributed by atoms with E-state index in [0.29, 0.717) is 6.04 Å². The van der Waals surface area contributed by atoms with Crippen molar-refractivity contribution >= 4 is 5.95 Å². The minimum Gasteiger partial charge on any atom is -0.336 e. The van der Waals surface area contributed by atoms with Crippen LogP contribution in [0.5, 0.6) is 0 Å². The van der Waals surface area contributed by atoms with Crippen molar-refractivity contribution in [2.45, 2.75) is 19.9 Å². The molecule has 0 amide bonds. The van der Waals surface area contributed by atoms with Crippen molar-refractivity contribution in [1.29, 1.82) is 0 Å². The number of hydrogen-bond acceptors (Lipinski definition) is 4. The molecule has 4 heteroatoms. The largest absolute Gasteiger partial charge is 0.336 e. The van der Waals surface area contributed by atoms with Gasteiger partial charge in [0.2, 0.25) is 5.95 Å². The maximum absolute atomic E-state index is 4.54. The Hall–Kier alpha value is -1.94. The molecular weight excluding hydrogens is 248 g/mol. The lowest BCUT2D eigenvalue weighted by molar-refractivity contribution is 0.493. The average molecular weight is 268 g/mol. The van der Waals surface area contributed by atoms with E-state index in [1.807, 2.05) is 12.4 Å². The third-order valence-corrected chi connectivity index (χ3v) is 3.78. The molecule has 1 N–H and O–H groups in total. The molecule has 0 spiro atoms. The Labute approximate surface area is 119 Å². The van der Waals surface area contributed by atoms with Gasteiger partial charge in [0.05, 0.1) is 0 Å². The number of aromatic nitrogens is 2. The predicted molar refractivity (Wildman–Crippen MR) is 81.9 cm³/mol. The van der Waals surface area contributed by atoms with Crippen LogP contribution in [-0.4, -0.2) is 35.6 Å².